The second-order valence-corrected chi connectivity index (χ2v) is 9.55. The summed E-state index contributed by atoms with van der Waals surface area (Å²) in [6.07, 6.45) is 1.14. The number of carboxylic acids is 1. The first-order chi connectivity index (χ1) is 15.9. The van der Waals surface area contributed by atoms with Gasteiger partial charge in [0.05, 0.1) is 12.4 Å². The molecule has 0 bridgehead atoms. The second kappa shape index (κ2) is 9.79. The number of amides is 2. The first-order valence-corrected chi connectivity index (χ1v) is 11.1. The number of alkyl carbamates (subject to hydrolysis) is 1. The number of carbonyl (C=O) groups excluding carboxylic acids is 2. The SMILES string of the molecule is CC(C)C(=O)Nc1nc2c(ncn2[C@H]2C[C@@H](C(=O)O)N(CCNC(=O)OC(C)(C)C)C2)c(=O)[nH]1. The Morgan fingerprint density at radius 2 is 2.03 bits per heavy atom. The van der Waals surface area contributed by atoms with Crippen LogP contribution >= 0.6 is 0 Å². The largest absolute Gasteiger partial charge is 0.480 e. The molecule has 1 aliphatic heterocycles. The summed E-state index contributed by atoms with van der Waals surface area (Å²) in [5, 5.41) is 14.9. The molecule has 186 valence electrons. The monoisotopic (exact) mass is 477 g/mol. The molecule has 2 amide bonds. The number of H-pyrrole nitrogens is 1. The number of aromatic amines is 1. The van der Waals surface area contributed by atoms with Gasteiger partial charge in [0, 0.05) is 25.6 Å². The van der Waals surface area contributed by atoms with Crippen LogP contribution in [-0.2, 0) is 14.3 Å². The van der Waals surface area contributed by atoms with E-state index in [2.05, 4.69) is 25.6 Å². The van der Waals surface area contributed by atoms with E-state index in [4.69, 9.17) is 4.74 Å². The fourth-order valence-corrected chi connectivity index (χ4v) is 3.71. The Morgan fingerprint density at radius 1 is 1.32 bits per heavy atom. The molecule has 0 radical (unpaired) electrons. The summed E-state index contributed by atoms with van der Waals surface area (Å²) in [6.45, 7) is 9.55. The summed E-state index contributed by atoms with van der Waals surface area (Å²) in [7, 11) is 0. The first-order valence-electron chi connectivity index (χ1n) is 11.1. The maximum atomic E-state index is 12.4. The molecule has 4 N–H and O–H groups in total. The van der Waals surface area contributed by atoms with Gasteiger partial charge in [-0.3, -0.25) is 29.6 Å². The van der Waals surface area contributed by atoms with Gasteiger partial charge in [-0.1, -0.05) is 13.8 Å². The number of carbonyl (C=O) groups is 3. The number of aromatic nitrogens is 4. The van der Waals surface area contributed by atoms with E-state index in [0.29, 0.717) is 13.1 Å². The molecule has 2 aromatic heterocycles. The van der Waals surface area contributed by atoms with Gasteiger partial charge in [-0.15, -0.1) is 0 Å². The van der Waals surface area contributed by atoms with E-state index in [-0.39, 0.29) is 47.9 Å². The standard InChI is InChI=1S/C21H31N7O6/c1-11(2)16(29)25-19-24-15-14(17(30)26-19)23-10-28(15)12-8-13(18(31)32)27(9-12)7-6-22-20(33)34-21(3,4)5/h10-13H,6-9H2,1-5H3,(H,22,33)(H,31,32)(H2,24,25,26,29,30)/t12-,13-/m0/s1. The number of hydrogen-bond donors (Lipinski definition) is 4. The van der Waals surface area contributed by atoms with Crippen LogP contribution in [0.5, 0.6) is 0 Å². The third-order valence-corrected chi connectivity index (χ3v) is 5.33. The van der Waals surface area contributed by atoms with Gasteiger partial charge >= 0.3 is 12.1 Å². The molecule has 34 heavy (non-hydrogen) atoms. The minimum absolute atomic E-state index is 0.00384. The molecule has 3 heterocycles. The van der Waals surface area contributed by atoms with Crippen LogP contribution in [0.4, 0.5) is 10.7 Å². The molecule has 0 spiro atoms. The molecular formula is C21H31N7O6. The third-order valence-electron chi connectivity index (χ3n) is 5.33. The van der Waals surface area contributed by atoms with Crippen molar-refractivity contribution in [2.75, 3.05) is 25.0 Å². The van der Waals surface area contributed by atoms with Crippen molar-refractivity contribution < 1.29 is 24.2 Å². The van der Waals surface area contributed by atoms with Crippen molar-refractivity contribution in [3.63, 3.8) is 0 Å². The van der Waals surface area contributed by atoms with Gasteiger partial charge in [0.15, 0.2) is 11.2 Å². The van der Waals surface area contributed by atoms with Crippen molar-refractivity contribution in [3.05, 3.63) is 16.7 Å². The molecule has 1 saturated heterocycles. The minimum Gasteiger partial charge on any atom is -0.480 e. The minimum atomic E-state index is -0.986. The number of nitrogens with zero attached hydrogens (tertiary/aromatic N) is 4. The normalized spacial score (nSPS) is 18.9. The number of rotatable bonds is 7. The van der Waals surface area contributed by atoms with E-state index in [1.807, 2.05) is 0 Å². The molecule has 2 aromatic rings. The van der Waals surface area contributed by atoms with Gasteiger partial charge in [-0.2, -0.15) is 4.98 Å². The maximum absolute atomic E-state index is 12.4. The van der Waals surface area contributed by atoms with Crippen LogP contribution in [0.25, 0.3) is 11.2 Å². The van der Waals surface area contributed by atoms with Crippen molar-refractivity contribution in [1.29, 1.82) is 0 Å². The van der Waals surface area contributed by atoms with Gasteiger partial charge in [0.1, 0.15) is 11.6 Å². The highest BCUT2D eigenvalue weighted by atomic mass is 16.6. The fourth-order valence-electron chi connectivity index (χ4n) is 3.71. The van der Waals surface area contributed by atoms with Crippen molar-refractivity contribution in [1.82, 2.24) is 29.7 Å². The maximum Gasteiger partial charge on any atom is 0.407 e. The van der Waals surface area contributed by atoms with Crippen LogP contribution in [0.3, 0.4) is 0 Å². The number of ether oxygens (including phenoxy) is 1. The number of nitrogens with one attached hydrogen (secondary N) is 3. The summed E-state index contributed by atoms with van der Waals surface area (Å²) >= 11 is 0. The zero-order chi connectivity index (χ0) is 25.2. The summed E-state index contributed by atoms with van der Waals surface area (Å²) in [4.78, 5) is 60.9. The predicted molar refractivity (Wildman–Crippen MR) is 123 cm³/mol. The van der Waals surface area contributed by atoms with Gasteiger partial charge < -0.3 is 19.7 Å². The van der Waals surface area contributed by atoms with Gasteiger partial charge in [0.2, 0.25) is 11.9 Å². The third kappa shape index (κ3) is 5.90. The number of carboxylic acid groups (broad SMARTS) is 1. The smallest absolute Gasteiger partial charge is 0.407 e. The average molecular weight is 478 g/mol. The lowest BCUT2D eigenvalue weighted by Crippen LogP contribution is -2.42. The number of hydrogen-bond acceptors (Lipinski definition) is 8. The highest BCUT2D eigenvalue weighted by Crippen LogP contribution is 2.29. The zero-order valence-electron chi connectivity index (χ0n) is 19.9. The first kappa shape index (κ1) is 25.1. The highest BCUT2D eigenvalue weighted by Gasteiger charge is 2.38. The Labute approximate surface area is 195 Å². The van der Waals surface area contributed by atoms with Crippen molar-refractivity contribution >= 4 is 35.1 Å². The topological polar surface area (TPSA) is 172 Å². The van der Waals surface area contributed by atoms with Crippen molar-refractivity contribution in [3.8, 4) is 0 Å². The van der Waals surface area contributed by atoms with E-state index in [1.165, 1.54) is 6.33 Å². The lowest BCUT2D eigenvalue weighted by atomic mass is 10.1. The Hall–Kier alpha value is -3.48. The summed E-state index contributed by atoms with van der Waals surface area (Å²) in [6, 6.07) is -1.11. The quantitative estimate of drug-likeness (QED) is 0.453. The molecule has 1 fully saturated rings. The Balaban J connectivity index is 1.76. The molecule has 13 heteroatoms. The summed E-state index contributed by atoms with van der Waals surface area (Å²) in [5.41, 5.74) is -0.785. The molecule has 2 atom stereocenters. The number of fused-ring (bicyclic) bond motifs is 1. The number of imidazole rings is 1. The van der Waals surface area contributed by atoms with Crippen LogP contribution < -0.4 is 16.2 Å². The Morgan fingerprint density at radius 3 is 2.65 bits per heavy atom. The van der Waals surface area contributed by atoms with E-state index in [9.17, 15) is 24.3 Å². The molecule has 0 saturated carbocycles. The van der Waals surface area contributed by atoms with E-state index < -0.39 is 29.3 Å². The number of anilines is 1. The summed E-state index contributed by atoms with van der Waals surface area (Å²) in [5.74, 6) is -1.59. The number of likely N-dealkylation sites (tertiary alicyclic amines) is 1. The molecule has 0 unspecified atom stereocenters. The molecule has 0 aliphatic carbocycles. The van der Waals surface area contributed by atoms with Gasteiger partial charge in [0.25, 0.3) is 5.56 Å². The number of aliphatic carboxylic acids is 1. The lowest BCUT2D eigenvalue weighted by molar-refractivity contribution is -0.142. The molecule has 3 rings (SSSR count). The van der Waals surface area contributed by atoms with Crippen LogP contribution in [-0.4, -0.2) is 78.8 Å². The van der Waals surface area contributed by atoms with E-state index in [1.54, 1.807) is 44.1 Å². The van der Waals surface area contributed by atoms with Crippen molar-refractivity contribution in [2.45, 2.75) is 58.7 Å². The molecule has 13 nitrogen and oxygen atoms in total. The average Bonchev–Trinajstić information content (AvgIpc) is 3.31. The van der Waals surface area contributed by atoms with E-state index >= 15 is 0 Å². The van der Waals surface area contributed by atoms with Crippen LogP contribution in [0.15, 0.2) is 11.1 Å². The molecule has 0 aromatic carbocycles. The van der Waals surface area contributed by atoms with Crippen LogP contribution in [0.2, 0.25) is 0 Å². The van der Waals surface area contributed by atoms with Gasteiger partial charge in [-0.05, 0) is 27.2 Å². The zero-order valence-corrected chi connectivity index (χ0v) is 19.9. The predicted octanol–water partition coefficient (Wildman–Crippen LogP) is 0.939. The van der Waals surface area contributed by atoms with Crippen molar-refractivity contribution in [2.24, 2.45) is 5.92 Å². The molecular weight excluding hydrogens is 446 g/mol. The Bertz CT molecular complexity index is 1130. The summed E-state index contributed by atoms with van der Waals surface area (Å²) < 4.78 is 6.86. The second-order valence-electron chi connectivity index (χ2n) is 9.55. The highest BCUT2D eigenvalue weighted by molar-refractivity contribution is 5.91. The lowest BCUT2D eigenvalue weighted by Gasteiger charge is -2.23. The Kier molecular flexibility index (Phi) is 7.24. The van der Waals surface area contributed by atoms with Crippen LogP contribution in [0, 0.1) is 5.92 Å². The fraction of sp³-hybridized carbons (Fsp3) is 0.619. The van der Waals surface area contributed by atoms with Gasteiger partial charge in [-0.25, -0.2) is 9.78 Å². The van der Waals surface area contributed by atoms with E-state index in [0.717, 1.165) is 0 Å². The van der Waals surface area contributed by atoms with Crippen LogP contribution in [0.1, 0.15) is 47.1 Å². The molecule has 1 aliphatic rings.